The first-order valence-corrected chi connectivity index (χ1v) is 5.99. The molecule has 1 aromatic carbocycles. The van der Waals surface area contributed by atoms with Crippen LogP contribution in [-0.4, -0.2) is 24.0 Å². The fourth-order valence-corrected chi connectivity index (χ4v) is 1.80. The number of hydrogen-bond acceptors (Lipinski definition) is 4. The summed E-state index contributed by atoms with van der Waals surface area (Å²) in [6.07, 6.45) is 1.05. The van der Waals surface area contributed by atoms with E-state index in [1.165, 1.54) is 12.1 Å². The van der Waals surface area contributed by atoms with Crippen molar-refractivity contribution in [3.05, 3.63) is 36.4 Å². The van der Waals surface area contributed by atoms with Crippen molar-refractivity contribution in [1.82, 2.24) is 5.32 Å². The van der Waals surface area contributed by atoms with Crippen LogP contribution in [0.4, 0.5) is 0 Å². The van der Waals surface area contributed by atoms with Crippen molar-refractivity contribution >= 4 is 16.0 Å². The van der Waals surface area contributed by atoms with Crippen molar-refractivity contribution in [2.24, 2.45) is 0 Å². The highest BCUT2D eigenvalue weighted by molar-refractivity contribution is 7.86. The molecule has 1 rings (SSSR count). The summed E-state index contributed by atoms with van der Waals surface area (Å²) in [6, 6.07) is 3.83. The first-order chi connectivity index (χ1) is 7.86. The Hall–Kier alpha value is -1.86. The molecule has 0 aromatic heterocycles. The summed E-state index contributed by atoms with van der Waals surface area (Å²) in [4.78, 5) is 10.3. The van der Waals surface area contributed by atoms with Gasteiger partial charge in [-0.05, 0) is 12.1 Å². The molecular weight excluding hydrogens is 246 g/mol. The minimum atomic E-state index is -4.48. The first-order valence-electron chi connectivity index (χ1n) is 4.55. The van der Waals surface area contributed by atoms with Crippen LogP contribution in [0, 0.1) is 0 Å². The molecule has 0 aliphatic carbocycles. The Morgan fingerprint density at radius 2 is 2.12 bits per heavy atom. The summed E-state index contributed by atoms with van der Waals surface area (Å²) < 4.78 is 30.6. The highest BCUT2D eigenvalue weighted by Gasteiger charge is 2.17. The van der Waals surface area contributed by atoms with Crippen LogP contribution >= 0.6 is 0 Å². The van der Waals surface area contributed by atoms with Crippen LogP contribution in [0.1, 0.15) is 5.56 Å². The zero-order chi connectivity index (χ0) is 13.1. The molecule has 0 aliphatic rings. The average Bonchev–Trinajstić information content (AvgIpc) is 2.25. The van der Waals surface area contributed by atoms with Gasteiger partial charge in [-0.25, -0.2) is 0 Å². The number of phenolic OH excluding ortho intramolecular Hbond substituents is 1. The molecule has 0 saturated carbocycles. The number of nitrogens with one attached hydrogen (secondary N) is 1. The number of carbonyl (C=O) groups is 1. The molecule has 0 heterocycles. The van der Waals surface area contributed by atoms with E-state index < -0.39 is 26.7 Å². The van der Waals surface area contributed by atoms with Crippen molar-refractivity contribution in [1.29, 1.82) is 0 Å². The largest absolute Gasteiger partial charge is 0.506 e. The fourth-order valence-electron chi connectivity index (χ4n) is 1.17. The standard InChI is InChI=1S/C10H11NO5S/c1-2-9(12)11-6-7-4-3-5-8(10(7)13)17(14,15)16/h2-5,13H,1,6H2,(H,11,12)(H,14,15,16). The molecule has 0 unspecified atom stereocenters. The third kappa shape index (κ3) is 3.30. The maximum atomic E-state index is 10.9. The second kappa shape index (κ2) is 4.98. The predicted molar refractivity (Wildman–Crippen MR) is 60.0 cm³/mol. The molecule has 0 atom stereocenters. The number of para-hydroxylation sites is 1. The summed E-state index contributed by atoms with van der Waals surface area (Å²) in [7, 11) is -4.48. The topological polar surface area (TPSA) is 104 Å². The Kier molecular flexibility index (Phi) is 3.87. The second-order valence-corrected chi connectivity index (χ2v) is 4.55. The minimum Gasteiger partial charge on any atom is -0.506 e. The fraction of sp³-hybridized carbons (Fsp3) is 0.100. The van der Waals surface area contributed by atoms with Gasteiger partial charge in [-0.2, -0.15) is 8.42 Å². The van der Waals surface area contributed by atoms with Crippen molar-refractivity contribution in [3.63, 3.8) is 0 Å². The smallest absolute Gasteiger partial charge is 0.298 e. The van der Waals surface area contributed by atoms with Crippen molar-refractivity contribution in [3.8, 4) is 5.75 Å². The summed E-state index contributed by atoms with van der Waals surface area (Å²) in [6.45, 7) is 3.17. The van der Waals surface area contributed by atoms with Gasteiger partial charge in [0, 0.05) is 12.1 Å². The lowest BCUT2D eigenvalue weighted by Gasteiger charge is -2.08. The van der Waals surface area contributed by atoms with E-state index >= 15 is 0 Å². The van der Waals surface area contributed by atoms with Crippen molar-refractivity contribution < 1.29 is 22.9 Å². The molecule has 0 aliphatic heterocycles. The molecule has 17 heavy (non-hydrogen) atoms. The third-order valence-electron chi connectivity index (χ3n) is 2.00. The van der Waals surface area contributed by atoms with Gasteiger partial charge in [-0.3, -0.25) is 9.35 Å². The van der Waals surface area contributed by atoms with E-state index in [4.69, 9.17) is 4.55 Å². The van der Waals surface area contributed by atoms with Gasteiger partial charge in [0.1, 0.15) is 10.6 Å². The molecule has 1 amide bonds. The van der Waals surface area contributed by atoms with Crippen LogP contribution in [0.2, 0.25) is 0 Å². The van der Waals surface area contributed by atoms with E-state index in [9.17, 15) is 18.3 Å². The molecular formula is C10H11NO5S. The molecule has 92 valence electrons. The number of phenols is 1. The molecule has 0 radical (unpaired) electrons. The van der Waals surface area contributed by atoms with Crippen LogP contribution in [-0.2, 0) is 21.5 Å². The van der Waals surface area contributed by atoms with Gasteiger partial charge in [-0.1, -0.05) is 18.7 Å². The quantitative estimate of drug-likeness (QED) is 0.536. The summed E-state index contributed by atoms with van der Waals surface area (Å²) in [5, 5.41) is 12.0. The van der Waals surface area contributed by atoms with Crippen LogP contribution < -0.4 is 5.32 Å². The number of rotatable bonds is 4. The van der Waals surface area contributed by atoms with E-state index in [0.29, 0.717) is 0 Å². The summed E-state index contributed by atoms with van der Waals surface area (Å²) in [5.74, 6) is -1.04. The molecule has 1 aromatic rings. The van der Waals surface area contributed by atoms with Gasteiger partial charge in [0.2, 0.25) is 5.91 Å². The lowest BCUT2D eigenvalue weighted by molar-refractivity contribution is -0.116. The van der Waals surface area contributed by atoms with Crippen molar-refractivity contribution in [2.75, 3.05) is 0 Å². The molecule has 6 nitrogen and oxygen atoms in total. The maximum Gasteiger partial charge on any atom is 0.298 e. The normalized spacial score (nSPS) is 10.9. The highest BCUT2D eigenvalue weighted by Crippen LogP contribution is 2.26. The number of aromatic hydroxyl groups is 1. The SMILES string of the molecule is C=CC(=O)NCc1cccc(S(=O)(=O)O)c1O. The average molecular weight is 257 g/mol. The van der Waals surface area contributed by atoms with E-state index in [2.05, 4.69) is 11.9 Å². The molecule has 3 N–H and O–H groups in total. The number of hydrogen-bond donors (Lipinski definition) is 3. The Morgan fingerprint density at radius 1 is 1.47 bits per heavy atom. The number of benzene rings is 1. The highest BCUT2D eigenvalue weighted by atomic mass is 32.2. The van der Waals surface area contributed by atoms with Gasteiger partial charge < -0.3 is 10.4 Å². The zero-order valence-corrected chi connectivity index (χ0v) is 9.57. The van der Waals surface area contributed by atoms with Crippen molar-refractivity contribution in [2.45, 2.75) is 11.4 Å². The van der Waals surface area contributed by atoms with Gasteiger partial charge in [-0.15, -0.1) is 0 Å². The van der Waals surface area contributed by atoms with E-state index in [0.717, 1.165) is 12.1 Å². The van der Waals surface area contributed by atoms with E-state index in [1.807, 2.05) is 0 Å². The number of carbonyl (C=O) groups excluding carboxylic acids is 1. The second-order valence-electron chi connectivity index (χ2n) is 3.16. The van der Waals surface area contributed by atoms with Gasteiger partial charge in [0.05, 0.1) is 0 Å². The van der Waals surface area contributed by atoms with Crippen LogP contribution in [0.3, 0.4) is 0 Å². The van der Waals surface area contributed by atoms with Gasteiger partial charge in [0.25, 0.3) is 10.1 Å². The lowest BCUT2D eigenvalue weighted by atomic mass is 10.2. The number of amides is 1. The lowest BCUT2D eigenvalue weighted by Crippen LogP contribution is -2.20. The molecule has 0 saturated heterocycles. The molecule has 7 heteroatoms. The third-order valence-corrected chi connectivity index (χ3v) is 2.88. The monoisotopic (exact) mass is 257 g/mol. The van der Waals surface area contributed by atoms with Crippen LogP contribution in [0.25, 0.3) is 0 Å². The summed E-state index contributed by atoms with van der Waals surface area (Å²) in [5.41, 5.74) is 0.176. The van der Waals surface area contributed by atoms with Crippen LogP contribution in [0.15, 0.2) is 35.7 Å². The Labute approximate surface area is 98.3 Å². The Morgan fingerprint density at radius 3 is 2.65 bits per heavy atom. The first kappa shape index (κ1) is 13.2. The molecule has 0 bridgehead atoms. The minimum absolute atomic E-state index is 0.0694. The zero-order valence-electron chi connectivity index (χ0n) is 8.75. The molecule has 0 fully saturated rings. The van der Waals surface area contributed by atoms with E-state index in [-0.39, 0.29) is 12.1 Å². The predicted octanol–water partition coefficient (Wildman–Crippen LogP) is 0.441. The molecule has 0 spiro atoms. The summed E-state index contributed by atoms with van der Waals surface area (Å²) >= 11 is 0. The Balaban J connectivity index is 3.03. The maximum absolute atomic E-state index is 10.9. The van der Waals surface area contributed by atoms with Gasteiger partial charge >= 0.3 is 0 Å². The van der Waals surface area contributed by atoms with Gasteiger partial charge in [0.15, 0.2) is 0 Å². The van der Waals surface area contributed by atoms with Crippen LogP contribution in [0.5, 0.6) is 5.75 Å². The van der Waals surface area contributed by atoms with E-state index in [1.54, 1.807) is 0 Å². The Bertz CT molecular complexity index is 550.